The number of rotatable bonds is 93. The third-order valence-corrected chi connectivity index (χ3v) is 25.4. The first-order chi connectivity index (χ1) is 66.0. The summed E-state index contributed by atoms with van der Waals surface area (Å²) < 4.78 is 27.5. The van der Waals surface area contributed by atoms with Gasteiger partial charge in [0.1, 0.15) is 0 Å². The topological polar surface area (TPSA) is 481 Å². The Labute approximate surface area is 834 Å². The van der Waals surface area contributed by atoms with E-state index in [0.717, 1.165) is 283 Å². The van der Waals surface area contributed by atoms with Gasteiger partial charge in [-0.2, -0.15) is 0 Å². The number of methoxy groups -OCH3 is 6. The molecule has 822 valence electrons. The Balaban J connectivity index is -0.000000378. The highest BCUT2D eigenvalue weighted by Gasteiger charge is 2.26. The lowest BCUT2D eigenvalue weighted by Crippen LogP contribution is -2.35. The Kier molecular flexibility index (Phi) is 120. The van der Waals surface area contributed by atoms with Crippen LogP contribution in [0.4, 0.5) is 0 Å². The van der Waals surface area contributed by atoms with E-state index in [4.69, 9.17) is 15.3 Å². The van der Waals surface area contributed by atoms with E-state index in [1.54, 1.807) is 0 Å². The van der Waals surface area contributed by atoms with Gasteiger partial charge in [0.25, 0.3) is 0 Å². The second-order valence-corrected chi connectivity index (χ2v) is 38.2. The third-order valence-electron chi connectivity index (χ3n) is 25.4. The van der Waals surface area contributed by atoms with Crippen molar-refractivity contribution in [1.29, 1.82) is 0 Å². The average molecular weight is 1980 g/mol. The molecule has 0 aromatic heterocycles. The van der Waals surface area contributed by atoms with Crippen molar-refractivity contribution in [3.05, 3.63) is 0 Å². The van der Waals surface area contributed by atoms with E-state index >= 15 is 0 Å². The van der Waals surface area contributed by atoms with Crippen LogP contribution in [0.3, 0.4) is 0 Å². The molecule has 0 aliphatic rings. The van der Waals surface area contributed by atoms with Gasteiger partial charge in [-0.15, -0.1) is 0 Å². The standard InChI is InChI=1S/C23H46O4.C19H38O6.C19H38O5.C19H38O4.C17H34O5.C12H24O4/c1-3-4-5-6-12-15-18-21(24)22(25)19-16-13-10-8-7-9-11-14-17-20-23(26)27-2;1-3-4-8-11-15(20)17(22)14-18(23)16(21)12-9-6-5-7-10-13-19(24)25-2;1-3-4-5-9-12-16(20)15-18(22)17(21)13-10-7-6-8-11-14-19(23)24-2;1-3-4-5-6-8-11-14-17(20)18(21)15-12-9-7-10-13-16-19(22)23-2;1-22-17(21)13-9-4-2-3-7-11-15(19)16(20)12-8-5-6-10-14-18;1-16-12(15)9-7-5-3-2-4-6-8-11(14)10-13/h21-22,24-25H,3-20H2,1-2H3;15-18,20-23H,3-14H2,1-2H3;16-18,20-22H,3-15H2,1-2H3;17-18,20-21H,3-16H2,1-2H3;15-16,18-20H,2-14H2,1H3;11,13-14H,2-10H2,1H3. The van der Waals surface area contributed by atoms with Crippen molar-refractivity contribution < 1.29 is 139 Å². The molecule has 0 rings (SSSR count). The molecule has 0 radical (unpaired) electrons. The van der Waals surface area contributed by atoms with Gasteiger partial charge in [0.05, 0.1) is 135 Å². The summed E-state index contributed by atoms with van der Waals surface area (Å²) in [5.74, 6) is -0.883. The van der Waals surface area contributed by atoms with Crippen LogP contribution in [-0.4, -0.2) is 259 Å². The molecule has 14 unspecified atom stereocenters. The molecule has 0 spiro atoms. The van der Waals surface area contributed by atoms with Gasteiger partial charge < -0.3 is 110 Å². The molecule has 14 atom stereocenters. The van der Waals surface area contributed by atoms with Gasteiger partial charge in [0.2, 0.25) is 0 Å². The minimum Gasteiger partial charge on any atom is -0.469 e. The van der Waals surface area contributed by atoms with E-state index in [2.05, 4.69) is 56.1 Å². The minimum absolute atomic E-state index is 0.00636. The van der Waals surface area contributed by atoms with Crippen molar-refractivity contribution in [3.8, 4) is 0 Å². The number of aliphatic hydroxyl groups excluding tert-OH is 16. The summed E-state index contributed by atoms with van der Waals surface area (Å²) in [7, 11) is 8.46. The molecule has 137 heavy (non-hydrogen) atoms. The molecule has 0 amide bonds. The summed E-state index contributed by atoms with van der Waals surface area (Å²) in [4.78, 5) is 65.5. The molecule has 28 heteroatoms. The number of unbranched alkanes of at least 4 members (excludes halogenated alkanes) is 47. The molecule has 0 saturated heterocycles. The quantitative estimate of drug-likeness (QED) is 0.0153. The van der Waals surface area contributed by atoms with E-state index in [1.165, 1.54) is 145 Å². The summed E-state index contributed by atoms with van der Waals surface area (Å²) in [6.07, 6.45) is 61.3. The zero-order valence-electron chi connectivity index (χ0n) is 89.0. The Bertz CT molecular complexity index is 2470. The fourth-order valence-corrected chi connectivity index (χ4v) is 15.9. The minimum atomic E-state index is -1.02. The molecular formula is C109H218O28. The smallest absolute Gasteiger partial charge is 0.305 e. The van der Waals surface area contributed by atoms with Gasteiger partial charge in [-0.05, 0) is 116 Å². The number of ether oxygens (including phenoxy) is 6. The predicted octanol–water partition coefficient (Wildman–Crippen LogP) is 20.1. The van der Waals surface area contributed by atoms with Gasteiger partial charge >= 0.3 is 35.8 Å². The molecule has 0 bridgehead atoms. The molecule has 0 saturated carbocycles. The van der Waals surface area contributed by atoms with E-state index in [9.17, 15) is 95.2 Å². The molecule has 16 N–H and O–H groups in total. The van der Waals surface area contributed by atoms with Crippen LogP contribution in [0.2, 0.25) is 0 Å². The molecule has 0 aromatic rings. The van der Waals surface area contributed by atoms with Crippen LogP contribution in [0.1, 0.15) is 522 Å². The van der Waals surface area contributed by atoms with Crippen LogP contribution in [-0.2, 0) is 57.2 Å². The highest BCUT2D eigenvalue weighted by atomic mass is 16.5. The maximum Gasteiger partial charge on any atom is 0.305 e. The zero-order chi connectivity index (χ0) is 104. The Morgan fingerprint density at radius 1 is 0.168 bits per heavy atom. The van der Waals surface area contributed by atoms with Gasteiger partial charge in [0, 0.05) is 58.0 Å². The number of carbonyl (C=O) groups is 6. The van der Waals surface area contributed by atoms with Crippen molar-refractivity contribution in [1.82, 2.24) is 0 Å². The highest BCUT2D eigenvalue weighted by Crippen LogP contribution is 2.24. The van der Waals surface area contributed by atoms with E-state index in [-0.39, 0.29) is 61.9 Å². The Morgan fingerprint density at radius 2 is 0.307 bits per heavy atom. The largest absolute Gasteiger partial charge is 0.469 e. The molecule has 0 fully saturated rings. The molecule has 0 heterocycles. The van der Waals surface area contributed by atoms with Crippen LogP contribution in [0.15, 0.2) is 0 Å². The second kappa shape index (κ2) is 114. The molecule has 28 nitrogen and oxygen atoms in total. The lowest BCUT2D eigenvalue weighted by atomic mass is 9.96. The van der Waals surface area contributed by atoms with Crippen molar-refractivity contribution >= 4 is 35.8 Å². The van der Waals surface area contributed by atoms with Crippen LogP contribution in [0.5, 0.6) is 0 Å². The SMILES string of the molecule is CCCCCC(O)C(O)CC(O)C(O)CCCCCCCC(=O)OC.CCCCCCC(O)CC(O)C(O)CCCCCCCC(=O)OC.CCCCCCCCC(O)C(O)CCCCCCCC(=O)OC.CCCCCCCCC(O)C(O)CCCCCCCCCCCC(=O)OC.COC(=O)CCCCCCCC(O)C(O)CCCCCCO.COC(=O)CCCCCCCCC(O)CO. The monoisotopic (exact) mass is 1980 g/mol. The summed E-state index contributed by atoms with van der Waals surface area (Å²) in [6.45, 7) is 8.73. The van der Waals surface area contributed by atoms with Gasteiger partial charge in [-0.1, -0.05) is 355 Å². The zero-order valence-corrected chi connectivity index (χ0v) is 89.0. The van der Waals surface area contributed by atoms with Crippen molar-refractivity contribution in [3.63, 3.8) is 0 Å². The average Bonchev–Trinajstić information content (AvgIpc) is 0.924. The second-order valence-electron chi connectivity index (χ2n) is 38.2. The maximum absolute atomic E-state index is 11.0. The number of hydrogen-bond acceptors (Lipinski definition) is 28. The predicted molar refractivity (Wildman–Crippen MR) is 549 cm³/mol. The number of esters is 6. The summed E-state index contributed by atoms with van der Waals surface area (Å²) in [5, 5.41) is 156. The van der Waals surface area contributed by atoms with E-state index in [1.807, 2.05) is 0 Å². The normalized spacial score (nSPS) is 14.2. The maximum atomic E-state index is 11.0. The van der Waals surface area contributed by atoms with E-state index in [0.29, 0.717) is 96.3 Å². The van der Waals surface area contributed by atoms with E-state index < -0.39 is 85.5 Å². The molecular weight excluding hydrogens is 1760 g/mol. The first-order valence-corrected chi connectivity index (χ1v) is 55.1. The van der Waals surface area contributed by atoms with Crippen molar-refractivity contribution in [2.45, 2.75) is 608 Å². The Morgan fingerprint density at radius 3 is 0.496 bits per heavy atom. The first kappa shape index (κ1) is 144. The number of carbonyl (C=O) groups excluding carboxylic acids is 6. The fourth-order valence-electron chi connectivity index (χ4n) is 15.9. The Hall–Kier alpha value is -3.82. The lowest BCUT2D eigenvalue weighted by Gasteiger charge is -2.23. The molecule has 0 aromatic carbocycles. The van der Waals surface area contributed by atoms with Crippen molar-refractivity contribution in [2.75, 3.05) is 55.9 Å². The summed E-state index contributed by atoms with van der Waals surface area (Å²) in [5.41, 5.74) is 0. The van der Waals surface area contributed by atoms with Crippen molar-refractivity contribution in [2.24, 2.45) is 0 Å². The van der Waals surface area contributed by atoms with Gasteiger partial charge in [-0.25, -0.2) is 0 Å². The summed E-state index contributed by atoms with van der Waals surface area (Å²) >= 11 is 0. The lowest BCUT2D eigenvalue weighted by molar-refractivity contribution is -0.141. The van der Waals surface area contributed by atoms with Crippen LogP contribution in [0.25, 0.3) is 0 Å². The molecule has 0 aliphatic carbocycles. The fraction of sp³-hybridized carbons (Fsp3) is 0.945. The third kappa shape index (κ3) is 112. The number of hydrogen-bond donors (Lipinski definition) is 16. The highest BCUT2D eigenvalue weighted by molar-refractivity contribution is 5.70. The molecule has 0 aliphatic heterocycles. The van der Waals surface area contributed by atoms with Crippen LogP contribution in [0, 0.1) is 0 Å². The van der Waals surface area contributed by atoms with Gasteiger partial charge in [-0.3, -0.25) is 28.8 Å². The number of aliphatic hydroxyl groups is 16. The van der Waals surface area contributed by atoms with Crippen LogP contribution >= 0.6 is 0 Å². The van der Waals surface area contributed by atoms with Gasteiger partial charge in [0.15, 0.2) is 0 Å². The summed E-state index contributed by atoms with van der Waals surface area (Å²) in [6, 6.07) is 0. The first-order valence-electron chi connectivity index (χ1n) is 55.1. The van der Waals surface area contributed by atoms with Crippen LogP contribution < -0.4 is 0 Å².